The highest BCUT2D eigenvalue weighted by atomic mass is 32.1. The molecule has 0 radical (unpaired) electrons. The highest BCUT2D eigenvalue weighted by Crippen LogP contribution is 2.17. The maximum atomic E-state index is 12.6. The number of amides is 1. The number of rotatable bonds is 9. The maximum Gasteiger partial charge on any atom is 0.330 e. The van der Waals surface area contributed by atoms with Crippen molar-refractivity contribution in [3.05, 3.63) is 31.7 Å². The van der Waals surface area contributed by atoms with Crippen LogP contribution in [0.25, 0.3) is 11.2 Å². The molecule has 0 aliphatic heterocycles. The summed E-state index contributed by atoms with van der Waals surface area (Å²) in [6.45, 7) is 8.99. The Morgan fingerprint density at radius 2 is 2.00 bits per heavy atom. The van der Waals surface area contributed by atoms with E-state index in [4.69, 9.17) is 0 Å². The summed E-state index contributed by atoms with van der Waals surface area (Å²) in [6, 6.07) is 0. The van der Waals surface area contributed by atoms with Gasteiger partial charge in [0.15, 0.2) is 11.2 Å². The Bertz CT molecular complexity index is 1160. The van der Waals surface area contributed by atoms with Crippen LogP contribution in [-0.4, -0.2) is 35.2 Å². The van der Waals surface area contributed by atoms with Crippen molar-refractivity contribution in [3.63, 3.8) is 0 Å². The van der Waals surface area contributed by atoms with Crippen LogP contribution in [0.5, 0.6) is 0 Å². The smallest absolute Gasteiger partial charge is 0.322 e. The van der Waals surface area contributed by atoms with Crippen LogP contribution in [0.3, 0.4) is 0 Å². The molecule has 3 aromatic heterocycles. The van der Waals surface area contributed by atoms with Gasteiger partial charge in [0.25, 0.3) is 5.56 Å². The average molecular weight is 434 g/mol. The van der Waals surface area contributed by atoms with Gasteiger partial charge in [-0.1, -0.05) is 38.5 Å². The Hall–Kier alpha value is -2.82. The van der Waals surface area contributed by atoms with Gasteiger partial charge in [-0.05, 0) is 19.3 Å². The zero-order valence-corrected chi connectivity index (χ0v) is 18.5. The first-order valence-corrected chi connectivity index (χ1v) is 10.9. The molecule has 2 N–H and O–H groups in total. The molecule has 10 nitrogen and oxygen atoms in total. The van der Waals surface area contributed by atoms with Gasteiger partial charge in [-0.15, -0.1) is 10.2 Å². The Morgan fingerprint density at radius 1 is 1.23 bits per heavy atom. The Morgan fingerprint density at radius 3 is 2.63 bits per heavy atom. The predicted molar refractivity (Wildman–Crippen MR) is 116 cm³/mol. The number of unbranched alkanes of at least 4 members (excludes halogenated alkanes) is 1. The number of fused-ring (bicyclic) bond motifs is 1. The number of aromatic amines is 1. The number of nitrogens with one attached hydrogen (secondary N) is 2. The van der Waals surface area contributed by atoms with Gasteiger partial charge >= 0.3 is 5.69 Å². The minimum Gasteiger partial charge on any atom is -0.322 e. The number of aromatic nitrogens is 6. The van der Waals surface area contributed by atoms with Crippen LogP contribution in [0.4, 0.5) is 5.13 Å². The van der Waals surface area contributed by atoms with Gasteiger partial charge in [0, 0.05) is 25.9 Å². The van der Waals surface area contributed by atoms with Crippen LogP contribution in [0, 0.1) is 12.8 Å². The summed E-state index contributed by atoms with van der Waals surface area (Å²) in [5, 5.41) is 11.7. The molecule has 0 aliphatic carbocycles. The van der Waals surface area contributed by atoms with Crippen molar-refractivity contribution in [1.82, 2.24) is 29.3 Å². The number of carbonyl (C=O) groups excluding carboxylic acids is 1. The number of carbonyl (C=O) groups is 1. The number of aryl methyl sites for hydroxylation is 3. The summed E-state index contributed by atoms with van der Waals surface area (Å²) in [5.41, 5.74) is -0.135. The number of nitrogens with zero attached hydrogens (tertiary/aromatic N) is 5. The molecule has 0 saturated carbocycles. The van der Waals surface area contributed by atoms with Crippen molar-refractivity contribution >= 4 is 33.5 Å². The zero-order chi connectivity index (χ0) is 21.8. The van der Waals surface area contributed by atoms with E-state index in [1.807, 2.05) is 32.3 Å². The van der Waals surface area contributed by atoms with Crippen molar-refractivity contribution in [2.75, 3.05) is 5.32 Å². The van der Waals surface area contributed by atoms with Crippen LogP contribution in [0.15, 0.2) is 9.59 Å². The topological polar surface area (TPSA) is 128 Å². The van der Waals surface area contributed by atoms with E-state index in [1.54, 1.807) is 0 Å². The standard InChI is InChI=1S/C19H27N7O3S/c1-5-6-9-25-16-15(17(28)22-19(25)29)26(10-11(2)3)13(20-16)7-8-14(27)21-18-24-23-12(4)30-18/h11H,5-10H2,1-4H3,(H,21,24,27)(H,22,28,29). The predicted octanol–water partition coefficient (Wildman–Crippen LogP) is 2.07. The van der Waals surface area contributed by atoms with Crippen LogP contribution >= 0.6 is 11.3 Å². The molecule has 30 heavy (non-hydrogen) atoms. The molecule has 0 fully saturated rings. The Labute approximate surface area is 177 Å². The summed E-state index contributed by atoms with van der Waals surface area (Å²) >= 11 is 1.31. The van der Waals surface area contributed by atoms with Gasteiger partial charge in [-0.2, -0.15) is 0 Å². The fraction of sp³-hybridized carbons (Fsp3) is 0.579. The van der Waals surface area contributed by atoms with E-state index in [2.05, 4.69) is 25.5 Å². The van der Waals surface area contributed by atoms with Crippen LogP contribution < -0.4 is 16.6 Å². The average Bonchev–Trinajstić information content (AvgIpc) is 3.23. The van der Waals surface area contributed by atoms with Crippen LogP contribution in [-0.2, 0) is 24.3 Å². The summed E-state index contributed by atoms with van der Waals surface area (Å²) in [4.78, 5) is 44.3. The first-order chi connectivity index (χ1) is 14.3. The van der Waals surface area contributed by atoms with Gasteiger partial charge in [0.1, 0.15) is 10.8 Å². The molecule has 0 spiro atoms. The molecule has 0 bridgehead atoms. The third kappa shape index (κ3) is 4.84. The van der Waals surface area contributed by atoms with Gasteiger partial charge in [0.05, 0.1) is 0 Å². The molecule has 3 rings (SSSR count). The fourth-order valence-corrected chi connectivity index (χ4v) is 3.86. The molecule has 3 aromatic rings. The monoisotopic (exact) mass is 433 g/mol. The minimum atomic E-state index is -0.453. The summed E-state index contributed by atoms with van der Waals surface area (Å²) in [5.74, 6) is 0.671. The largest absolute Gasteiger partial charge is 0.330 e. The molecular formula is C19H27N7O3S. The normalized spacial score (nSPS) is 11.5. The second-order valence-corrected chi connectivity index (χ2v) is 8.83. The summed E-state index contributed by atoms with van der Waals surface area (Å²) in [7, 11) is 0. The highest BCUT2D eigenvalue weighted by Gasteiger charge is 2.20. The fourth-order valence-electron chi connectivity index (χ4n) is 3.25. The van der Waals surface area contributed by atoms with Crippen molar-refractivity contribution in [1.29, 1.82) is 0 Å². The highest BCUT2D eigenvalue weighted by molar-refractivity contribution is 7.15. The van der Waals surface area contributed by atoms with E-state index >= 15 is 0 Å². The third-order valence-electron chi connectivity index (χ3n) is 4.60. The number of imidazole rings is 1. The lowest BCUT2D eigenvalue weighted by atomic mass is 10.2. The molecule has 0 aromatic carbocycles. The molecule has 0 aliphatic rings. The van der Waals surface area contributed by atoms with Crippen molar-refractivity contribution in [2.45, 2.75) is 66.5 Å². The van der Waals surface area contributed by atoms with E-state index in [-0.39, 0.29) is 18.2 Å². The molecular weight excluding hydrogens is 406 g/mol. The minimum absolute atomic E-state index is 0.178. The lowest BCUT2D eigenvalue weighted by Gasteiger charge is -2.11. The second kappa shape index (κ2) is 9.33. The number of anilines is 1. The number of hydrogen-bond donors (Lipinski definition) is 2. The van der Waals surface area contributed by atoms with E-state index < -0.39 is 11.2 Å². The van der Waals surface area contributed by atoms with Gasteiger partial charge in [0.2, 0.25) is 11.0 Å². The van der Waals surface area contributed by atoms with Gasteiger partial charge in [-0.25, -0.2) is 9.78 Å². The molecule has 0 atom stereocenters. The quantitative estimate of drug-likeness (QED) is 0.532. The van der Waals surface area contributed by atoms with Gasteiger partial charge < -0.3 is 9.88 Å². The maximum absolute atomic E-state index is 12.6. The SMILES string of the molecule is CCCCn1c(=O)[nH]c(=O)c2c1nc(CCC(=O)Nc1nnc(C)s1)n2CC(C)C. The van der Waals surface area contributed by atoms with Crippen LogP contribution in [0.1, 0.15) is 50.9 Å². The lowest BCUT2D eigenvalue weighted by molar-refractivity contribution is -0.116. The lowest BCUT2D eigenvalue weighted by Crippen LogP contribution is -2.31. The first-order valence-electron chi connectivity index (χ1n) is 10.1. The Kier molecular flexibility index (Phi) is 6.80. The Balaban J connectivity index is 1.94. The van der Waals surface area contributed by atoms with E-state index in [0.29, 0.717) is 41.6 Å². The zero-order valence-electron chi connectivity index (χ0n) is 17.7. The van der Waals surface area contributed by atoms with Gasteiger partial charge in [-0.3, -0.25) is 19.1 Å². The molecule has 162 valence electrons. The van der Waals surface area contributed by atoms with Crippen molar-refractivity contribution < 1.29 is 4.79 Å². The molecule has 3 heterocycles. The number of hydrogen-bond acceptors (Lipinski definition) is 7. The van der Waals surface area contributed by atoms with Crippen LogP contribution in [0.2, 0.25) is 0 Å². The summed E-state index contributed by atoms with van der Waals surface area (Å²) in [6.07, 6.45) is 2.23. The van der Waals surface area contributed by atoms with E-state index in [1.165, 1.54) is 15.9 Å². The van der Waals surface area contributed by atoms with E-state index in [9.17, 15) is 14.4 Å². The van der Waals surface area contributed by atoms with Crippen molar-refractivity contribution in [3.8, 4) is 0 Å². The molecule has 0 unspecified atom stereocenters. The van der Waals surface area contributed by atoms with Crippen molar-refractivity contribution in [2.24, 2.45) is 5.92 Å². The summed E-state index contributed by atoms with van der Waals surface area (Å²) < 4.78 is 3.35. The molecule has 11 heteroatoms. The number of H-pyrrole nitrogens is 1. The van der Waals surface area contributed by atoms with E-state index in [0.717, 1.165) is 17.8 Å². The first kappa shape index (κ1) is 21.9. The second-order valence-electron chi connectivity index (χ2n) is 7.64. The molecule has 1 amide bonds. The third-order valence-corrected chi connectivity index (χ3v) is 5.35. The molecule has 0 saturated heterocycles.